The summed E-state index contributed by atoms with van der Waals surface area (Å²) in [5, 5.41) is 6.96. The second-order valence-electron chi connectivity index (χ2n) is 6.43. The quantitative estimate of drug-likeness (QED) is 0.827. The van der Waals surface area contributed by atoms with Crippen molar-refractivity contribution >= 4 is 15.9 Å². The summed E-state index contributed by atoms with van der Waals surface area (Å²) >= 11 is 0. The highest BCUT2D eigenvalue weighted by Gasteiger charge is 2.37. The van der Waals surface area contributed by atoms with Crippen LogP contribution >= 0.6 is 0 Å². The molecular weight excluding hydrogens is 332 g/mol. The second kappa shape index (κ2) is 6.81. The lowest BCUT2D eigenvalue weighted by Gasteiger charge is -2.35. The van der Waals surface area contributed by atoms with Crippen molar-refractivity contribution in [2.45, 2.75) is 31.6 Å². The molecule has 0 aliphatic carbocycles. The van der Waals surface area contributed by atoms with Crippen molar-refractivity contribution in [3.8, 4) is 0 Å². The molecular formula is C15H24N4O4S. The third kappa shape index (κ3) is 3.20. The SMILES string of the molecule is Cc1noc(C)c1S(=O)(=O)N1CCCC(C(=O)N2CCNCC2)C1. The van der Waals surface area contributed by atoms with Crippen LogP contribution in [0, 0.1) is 19.8 Å². The Kier molecular flexibility index (Phi) is 4.93. The maximum atomic E-state index is 12.9. The molecule has 0 spiro atoms. The van der Waals surface area contributed by atoms with Gasteiger partial charge in [0.2, 0.25) is 15.9 Å². The molecule has 3 heterocycles. The molecule has 24 heavy (non-hydrogen) atoms. The molecule has 2 fully saturated rings. The Morgan fingerprint density at radius 2 is 1.96 bits per heavy atom. The molecule has 3 rings (SSSR count). The van der Waals surface area contributed by atoms with Crippen LogP contribution < -0.4 is 5.32 Å². The Bertz CT molecular complexity index is 690. The van der Waals surface area contributed by atoms with Crippen LogP contribution in [0.2, 0.25) is 0 Å². The van der Waals surface area contributed by atoms with Crippen molar-refractivity contribution in [2.75, 3.05) is 39.3 Å². The van der Waals surface area contributed by atoms with E-state index in [9.17, 15) is 13.2 Å². The molecule has 1 amide bonds. The zero-order chi connectivity index (χ0) is 17.3. The van der Waals surface area contributed by atoms with Crippen LogP contribution in [0.25, 0.3) is 0 Å². The van der Waals surface area contributed by atoms with Gasteiger partial charge >= 0.3 is 0 Å². The minimum atomic E-state index is -3.68. The highest BCUT2D eigenvalue weighted by Crippen LogP contribution is 2.28. The lowest BCUT2D eigenvalue weighted by molar-refractivity contribution is -0.137. The van der Waals surface area contributed by atoms with E-state index in [1.165, 1.54) is 4.31 Å². The second-order valence-corrected chi connectivity index (χ2v) is 8.31. The van der Waals surface area contributed by atoms with Crippen molar-refractivity contribution in [1.29, 1.82) is 0 Å². The molecule has 2 saturated heterocycles. The maximum absolute atomic E-state index is 12.9. The number of rotatable bonds is 3. The molecule has 8 nitrogen and oxygen atoms in total. The number of aromatic nitrogens is 1. The van der Waals surface area contributed by atoms with Gasteiger partial charge in [0.25, 0.3) is 0 Å². The average molecular weight is 356 g/mol. The number of nitrogens with one attached hydrogen (secondary N) is 1. The summed E-state index contributed by atoms with van der Waals surface area (Å²) in [6, 6.07) is 0. The van der Waals surface area contributed by atoms with Gasteiger partial charge in [-0.2, -0.15) is 4.31 Å². The first kappa shape index (κ1) is 17.4. The largest absolute Gasteiger partial charge is 0.360 e. The Morgan fingerprint density at radius 1 is 1.25 bits per heavy atom. The first-order valence-corrected chi connectivity index (χ1v) is 9.78. The number of piperazine rings is 1. The van der Waals surface area contributed by atoms with Crippen molar-refractivity contribution in [1.82, 2.24) is 19.7 Å². The molecule has 1 atom stereocenters. The van der Waals surface area contributed by atoms with E-state index >= 15 is 0 Å². The summed E-state index contributed by atoms with van der Waals surface area (Å²) in [4.78, 5) is 14.7. The Hall–Kier alpha value is -1.45. The van der Waals surface area contributed by atoms with Crippen molar-refractivity contribution < 1.29 is 17.7 Å². The zero-order valence-corrected chi connectivity index (χ0v) is 14.9. The van der Waals surface area contributed by atoms with Crippen LogP contribution in [0.5, 0.6) is 0 Å². The van der Waals surface area contributed by atoms with E-state index in [4.69, 9.17) is 4.52 Å². The van der Waals surface area contributed by atoms with Gasteiger partial charge in [0.05, 0.1) is 5.92 Å². The summed E-state index contributed by atoms with van der Waals surface area (Å²) in [5.74, 6) is 0.0883. The van der Waals surface area contributed by atoms with E-state index in [1.54, 1.807) is 13.8 Å². The number of aryl methyl sites for hydroxylation is 2. The first-order chi connectivity index (χ1) is 11.4. The molecule has 1 unspecified atom stereocenters. The smallest absolute Gasteiger partial charge is 0.248 e. The van der Waals surface area contributed by atoms with E-state index in [1.807, 2.05) is 4.90 Å². The van der Waals surface area contributed by atoms with Gasteiger partial charge in [-0.1, -0.05) is 5.16 Å². The number of amides is 1. The van der Waals surface area contributed by atoms with Gasteiger partial charge in [0.1, 0.15) is 10.6 Å². The van der Waals surface area contributed by atoms with E-state index in [-0.39, 0.29) is 23.3 Å². The van der Waals surface area contributed by atoms with Crippen molar-refractivity contribution in [2.24, 2.45) is 5.92 Å². The topological polar surface area (TPSA) is 95.8 Å². The van der Waals surface area contributed by atoms with Gasteiger partial charge in [0, 0.05) is 39.3 Å². The maximum Gasteiger partial charge on any atom is 0.248 e. The third-order valence-electron chi connectivity index (χ3n) is 4.73. The summed E-state index contributed by atoms with van der Waals surface area (Å²) in [7, 11) is -3.68. The first-order valence-electron chi connectivity index (χ1n) is 8.34. The fourth-order valence-corrected chi connectivity index (χ4v) is 5.29. The van der Waals surface area contributed by atoms with Gasteiger partial charge in [-0.05, 0) is 26.7 Å². The van der Waals surface area contributed by atoms with Gasteiger partial charge in [-0.3, -0.25) is 4.79 Å². The summed E-state index contributed by atoms with van der Waals surface area (Å²) in [5.41, 5.74) is 0.364. The lowest BCUT2D eigenvalue weighted by atomic mass is 9.98. The van der Waals surface area contributed by atoms with Gasteiger partial charge in [-0.25, -0.2) is 8.42 Å². The van der Waals surface area contributed by atoms with Crippen LogP contribution in [0.1, 0.15) is 24.3 Å². The van der Waals surface area contributed by atoms with E-state index in [0.29, 0.717) is 37.5 Å². The predicted molar refractivity (Wildman–Crippen MR) is 86.9 cm³/mol. The van der Waals surface area contributed by atoms with Crippen LogP contribution in [0.4, 0.5) is 0 Å². The predicted octanol–water partition coefficient (Wildman–Crippen LogP) is 0.124. The zero-order valence-electron chi connectivity index (χ0n) is 14.1. The van der Waals surface area contributed by atoms with E-state index < -0.39 is 10.0 Å². The number of hydrogen-bond acceptors (Lipinski definition) is 6. The number of piperidine rings is 1. The Labute approximate surface area is 142 Å². The number of carbonyl (C=O) groups excluding carboxylic acids is 1. The highest BCUT2D eigenvalue weighted by atomic mass is 32.2. The molecule has 0 radical (unpaired) electrons. The van der Waals surface area contributed by atoms with Gasteiger partial charge < -0.3 is 14.7 Å². The van der Waals surface area contributed by atoms with E-state index in [2.05, 4.69) is 10.5 Å². The molecule has 2 aliphatic rings. The van der Waals surface area contributed by atoms with Crippen molar-refractivity contribution in [3.63, 3.8) is 0 Å². The van der Waals surface area contributed by atoms with Crippen LogP contribution in [-0.2, 0) is 14.8 Å². The standard InChI is InChI=1S/C15H24N4O4S/c1-11-14(12(2)23-17-11)24(21,22)19-7-3-4-13(10-19)15(20)18-8-5-16-6-9-18/h13,16H,3-10H2,1-2H3. The molecule has 2 aliphatic heterocycles. The third-order valence-corrected chi connectivity index (χ3v) is 6.84. The number of nitrogens with zero attached hydrogens (tertiary/aromatic N) is 3. The Morgan fingerprint density at radius 3 is 2.58 bits per heavy atom. The minimum Gasteiger partial charge on any atom is -0.360 e. The molecule has 0 bridgehead atoms. The van der Waals surface area contributed by atoms with Gasteiger partial charge in [-0.15, -0.1) is 0 Å². The number of hydrogen-bond donors (Lipinski definition) is 1. The molecule has 0 saturated carbocycles. The summed E-state index contributed by atoms with van der Waals surface area (Å²) in [6.45, 7) is 6.83. The fourth-order valence-electron chi connectivity index (χ4n) is 3.48. The Balaban J connectivity index is 1.76. The van der Waals surface area contributed by atoms with Gasteiger partial charge in [0.15, 0.2) is 5.76 Å². The molecule has 1 N–H and O–H groups in total. The monoisotopic (exact) mass is 356 g/mol. The molecule has 134 valence electrons. The van der Waals surface area contributed by atoms with Crippen LogP contribution in [0.15, 0.2) is 9.42 Å². The summed E-state index contributed by atoms with van der Waals surface area (Å²) in [6.07, 6.45) is 1.42. The normalized spacial score (nSPS) is 23.4. The lowest BCUT2D eigenvalue weighted by Crippen LogP contribution is -2.52. The van der Waals surface area contributed by atoms with Crippen molar-refractivity contribution in [3.05, 3.63) is 11.5 Å². The van der Waals surface area contributed by atoms with Crippen LogP contribution in [-0.4, -0.2) is 68.0 Å². The molecule has 9 heteroatoms. The average Bonchev–Trinajstić information content (AvgIpc) is 2.94. The molecule has 1 aromatic heterocycles. The summed E-state index contributed by atoms with van der Waals surface area (Å²) < 4.78 is 32.3. The number of sulfonamides is 1. The molecule has 0 aromatic carbocycles. The molecule has 1 aromatic rings. The van der Waals surface area contributed by atoms with E-state index in [0.717, 1.165) is 19.5 Å². The van der Waals surface area contributed by atoms with Crippen LogP contribution in [0.3, 0.4) is 0 Å². The minimum absolute atomic E-state index is 0.0650. The number of carbonyl (C=O) groups is 1. The highest BCUT2D eigenvalue weighted by molar-refractivity contribution is 7.89. The fraction of sp³-hybridized carbons (Fsp3) is 0.733.